The minimum Gasteiger partial charge on any atom is -0.392 e. The van der Waals surface area contributed by atoms with Gasteiger partial charge in [0.05, 0.1) is 6.61 Å². The van der Waals surface area contributed by atoms with E-state index in [1.54, 1.807) is 0 Å². The Hall–Kier alpha value is -1.87. The molecule has 0 spiro atoms. The lowest BCUT2D eigenvalue weighted by Gasteiger charge is -2.32. The fourth-order valence-electron chi connectivity index (χ4n) is 3.21. The van der Waals surface area contributed by atoms with Crippen molar-refractivity contribution in [1.29, 1.82) is 0 Å². The normalized spacial score (nSPS) is 14.2. The maximum atomic E-state index is 9.75. The van der Waals surface area contributed by atoms with Gasteiger partial charge in [-0.3, -0.25) is 0 Å². The summed E-state index contributed by atoms with van der Waals surface area (Å²) in [5.74, 6) is 0.916. The summed E-state index contributed by atoms with van der Waals surface area (Å²) in [6, 6.07) is 8.64. The van der Waals surface area contributed by atoms with Crippen LogP contribution >= 0.6 is 0 Å². The lowest BCUT2D eigenvalue weighted by molar-refractivity contribution is 0.281. The third-order valence-electron chi connectivity index (χ3n) is 4.22. The Morgan fingerprint density at radius 3 is 2.76 bits per heavy atom. The van der Waals surface area contributed by atoms with Crippen LogP contribution in [-0.4, -0.2) is 16.6 Å². The SMILES string of the molecule is Cc1ccc2c(c1)CCCN2c1nc(C)cc(C)c1CO. The lowest BCUT2D eigenvalue weighted by atomic mass is 9.98. The molecule has 1 aliphatic rings. The highest BCUT2D eigenvalue weighted by Gasteiger charge is 2.22. The number of aromatic nitrogens is 1. The Labute approximate surface area is 126 Å². The molecule has 1 aromatic heterocycles. The second-order valence-corrected chi connectivity index (χ2v) is 5.93. The molecule has 0 saturated carbocycles. The van der Waals surface area contributed by atoms with E-state index in [0.29, 0.717) is 0 Å². The van der Waals surface area contributed by atoms with Gasteiger partial charge in [-0.25, -0.2) is 4.98 Å². The molecule has 3 nitrogen and oxygen atoms in total. The maximum Gasteiger partial charge on any atom is 0.139 e. The van der Waals surface area contributed by atoms with Crippen molar-refractivity contribution in [1.82, 2.24) is 4.98 Å². The highest BCUT2D eigenvalue weighted by atomic mass is 16.3. The summed E-state index contributed by atoms with van der Waals surface area (Å²) in [6.07, 6.45) is 2.24. The van der Waals surface area contributed by atoms with Crippen molar-refractivity contribution in [2.45, 2.75) is 40.2 Å². The second kappa shape index (κ2) is 5.49. The van der Waals surface area contributed by atoms with Crippen molar-refractivity contribution in [3.63, 3.8) is 0 Å². The minimum atomic E-state index is 0.0339. The number of hydrogen-bond donors (Lipinski definition) is 1. The molecule has 3 heteroatoms. The van der Waals surface area contributed by atoms with Crippen LogP contribution in [0.3, 0.4) is 0 Å². The van der Waals surface area contributed by atoms with Gasteiger partial charge in [0.25, 0.3) is 0 Å². The number of rotatable bonds is 2. The number of pyridine rings is 1. The summed E-state index contributed by atoms with van der Waals surface area (Å²) in [7, 11) is 0. The third kappa shape index (κ3) is 2.54. The topological polar surface area (TPSA) is 36.4 Å². The Morgan fingerprint density at radius 2 is 2.00 bits per heavy atom. The first-order chi connectivity index (χ1) is 10.1. The number of benzene rings is 1. The summed E-state index contributed by atoms with van der Waals surface area (Å²) in [5.41, 5.74) is 6.96. The van der Waals surface area contributed by atoms with Crippen LogP contribution in [0.1, 0.15) is 34.4 Å². The van der Waals surface area contributed by atoms with Crippen LogP contribution in [0.2, 0.25) is 0 Å². The molecule has 0 atom stereocenters. The molecule has 1 aromatic carbocycles. The van der Waals surface area contributed by atoms with Gasteiger partial charge in [-0.2, -0.15) is 0 Å². The Kier molecular flexibility index (Phi) is 3.68. The van der Waals surface area contributed by atoms with Crippen LogP contribution in [0.25, 0.3) is 0 Å². The van der Waals surface area contributed by atoms with E-state index >= 15 is 0 Å². The molecule has 1 N–H and O–H groups in total. The number of aryl methyl sites for hydroxylation is 4. The van der Waals surface area contributed by atoms with Gasteiger partial charge in [0, 0.05) is 23.5 Å². The van der Waals surface area contributed by atoms with Crippen LogP contribution in [0, 0.1) is 20.8 Å². The second-order valence-electron chi connectivity index (χ2n) is 5.93. The van der Waals surface area contributed by atoms with E-state index in [1.165, 1.54) is 16.8 Å². The molecule has 0 aliphatic carbocycles. The van der Waals surface area contributed by atoms with Gasteiger partial charge in [-0.05, 0) is 56.9 Å². The van der Waals surface area contributed by atoms with Crippen molar-refractivity contribution in [2.75, 3.05) is 11.4 Å². The van der Waals surface area contributed by atoms with E-state index in [2.05, 4.69) is 30.0 Å². The lowest BCUT2D eigenvalue weighted by Crippen LogP contribution is -2.27. The predicted octanol–water partition coefficient (Wildman–Crippen LogP) is 3.58. The Morgan fingerprint density at radius 1 is 1.19 bits per heavy atom. The highest BCUT2D eigenvalue weighted by Crippen LogP contribution is 2.35. The molecule has 110 valence electrons. The summed E-state index contributed by atoms with van der Waals surface area (Å²) in [5, 5.41) is 9.75. The molecule has 2 heterocycles. The largest absolute Gasteiger partial charge is 0.392 e. The first-order valence-electron chi connectivity index (χ1n) is 7.55. The van der Waals surface area contributed by atoms with Gasteiger partial charge in [-0.15, -0.1) is 0 Å². The molecule has 2 aromatic rings. The Bertz CT molecular complexity index is 679. The van der Waals surface area contributed by atoms with Crippen LogP contribution in [0.15, 0.2) is 24.3 Å². The summed E-state index contributed by atoms with van der Waals surface area (Å²) >= 11 is 0. The summed E-state index contributed by atoms with van der Waals surface area (Å²) in [6.45, 7) is 7.18. The Balaban J connectivity index is 2.15. The smallest absolute Gasteiger partial charge is 0.139 e. The van der Waals surface area contributed by atoms with E-state index < -0.39 is 0 Å². The average Bonchev–Trinajstić information content (AvgIpc) is 2.45. The molecule has 0 radical (unpaired) electrons. The van der Waals surface area contributed by atoms with Gasteiger partial charge >= 0.3 is 0 Å². The molecule has 0 fully saturated rings. The fourth-order valence-corrected chi connectivity index (χ4v) is 3.21. The van der Waals surface area contributed by atoms with Gasteiger partial charge in [-0.1, -0.05) is 17.7 Å². The standard InChI is InChI=1S/C18H22N2O/c1-12-6-7-17-15(9-12)5-4-8-20(17)18-16(11-21)13(2)10-14(3)19-18/h6-7,9-10,21H,4-5,8,11H2,1-3H3. The number of aliphatic hydroxyl groups excluding tert-OH is 1. The molecular formula is C18H22N2O. The quantitative estimate of drug-likeness (QED) is 0.914. The van der Waals surface area contributed by atoms with E-state index in [9.17, 15) is 5.11 Å². The minimum absolute atomic E-state index is 0.0339. The molecule has 0 amide bonds. The van der Waals surface area contributed by atoms with Gasteiger partial charge < -0.3 is 10.0 Å². The van der Waals surface area contributed by atoms with Crippen LogP contribution in [0.4, 0.5) is 11.5 Å². The number of hydrogen-bond acceptors (Lipinski definition) is 3. The summed E-state index contributed by atoms with van der Waals surface area (Å²) in [4.78, 5) is 6.98. The first kappa shape index (κ1) is 14.1. The van der Waals surface area contributed by atoms with Gasteiger partial charge in [0.1, 0.15) is 5.82 Å². The van der Waals surface area contributed by atoms with Crippen LogP contribution in [-0.2, 0) is 13.0 Å². The summed E-state index contributed by atoms with van der Waals surface area (Å²) < 4.78 is 0. The van der Waals surface area contributed by atoms with E-state index in [1.807, 2.05) is 19.9 Å². The molecule has 1 aliphatic heterocycles. The van der Waals surface area contributed by atoms with Crippen LogP contribution in [0.5, 0.6) is 0 Å². The monoisotopic (exact) mass is 282 g/mol. The van der Waals surface area contributed by atoms with E-state index in [0.717, 1.165) is 42.0 Å². The van der Waals surface area contributed by atoms with Gasteiger partial charge in [0.2, 0.25) is 0 Å². The average molecular weight is 282 g/mol. The molecule has 3 rings (SSSR count). The van der Waals surface area contributed by atoms with Crippen LogP contribution < -0.4 is 4.90 Å². The number of fused-ring (bicyclic) bond motifs is 1. The van der Waals surface area contributed by atoms with Crippen molar-refractivity contribution in [3.05, 3.63) is 52.2 Å². The molecule has 0 saturated heterocycles. The zero-order valence-corrected chi connectivity index (χ0v) is 13.0. The zero-order valence-electron chi connectivity index (χ0n) is 13.0. The zero-order chi connectivity index (χ0) is 15.0. The number of anilines is 2. The van der Waals surface area contributed by atoms with Crippen molar-refractivity contribution in [3.8, 4) is 0 Å². The third-order valence-corrected chi connectivity index (χ3v) is 4.22. The highest BCUT2D eigenvalue weighted by molar-refractivity contribution is 5.69. The van der Waals surface area contributed by atoms with Gasteiger partial charge in [0.15, 0.2) is 0 Å². The predicted molar refractivity (Wildman–Crippen MR) is 86.1 cm³/mol. The molecule has 0 bridgehead atoms. The molecular weight excluding hydrogens is 260 g/mol. The molecule has 0 unspecified atom stereocenters. The molecule has 21 heavy (non-hydrogen) atoms. The number of aliphatic hydroxyl groups is 1. The number of nitrogens with zero attached hydrogens (tertiary/aromatic N) is 2. The van der Waals surface area contributed by atoms with E-state index in [4.69, 9.17) is 4.98 Å². The maximum absolute atomic E-state index is 9.75. The first-order valence-corrected chi connectivity index (χ1v) is 7.55. The van der Waals surface area contributed by atoms with E-state index in [-0.39, 0.29) is 6.61 Å². The fraction of sp³-hybridized carbons (Fsp3) is 0.389. The van der Waals surface area contributed by atoms with Crippen molar-refractivity contribution >= 4 is 11.5 Å². The van der Waals surface area contributed by atoms with Crippen molar-refractivity contribution < 1.29 is 5.11 Å². The van der Waals surface area contributed by atoms with Crippen molar-refractivity contribution in [2.24, 2.45) is 0 Å².